The number of halogens is 5. The minimum Gasteiger partial charge on any atom is -0.486 e. The Hall–Kier alpha value is -1.30. The maximum absolute atomic E-state index is 13.5. The first kappa shape index (κ1) is 25.7. The Bertz CT molecular complexity index is 559. The van der Waals surface area contributed by atoms with Gasteiger partial charge in [-0.15, -0.1) is 24.0 Å². The highest BCUT2D eigenvalue weighted by Gasteiger charge is 2.27. The van der Waals surface area contributed by atoms with E-state index in [-0.39, 0.29) is 49.0 Å². The van der Waals surface area contributed by atoms with Gasteiger partial charge < -0.3 is 20.1 Å². The molecule has 1 aromatic rings. The number of ether oxygens (including phenoxy) is 2. The molecule has 1 aromatic carbocycles. The first-order chi connectivity index (χ1) is 12.3. The van der Waals surface area contributed by atoms with Gasteiger partial charge >= 0.3 is 6.18 Å². The Morgan fingerprint density at radius 3 is 2.56 bits per heavy atom. The number of guanidine groups is 1. The van der Waals surface area contributed by atoms with E-state index >= 15 is 0 Å². The lowest BCUT2D eigenvalue weighted by molar-refractivity contribution is -0.173. The lowest BCUT2D eigenvalue weighted by atomic mass is 10.3. The number of benzene rings is 1. The van der Waals surface area contributed by atoms with Crippen LogP contribution in [0.3, 0.4) is 0 Å². The summed E-state index contributed by atoms with van der Waals surface area (Å²) in [5.41, 5.74) is 0. The van der Waals surface area contributed by atoms with E-state index in [4.69, 9.17) is 4.74 Å². The summed E-state index contributed by atoms with van der Waals surface area (Å²) in [6, 6.07) is 6.12. The zero-order valence-electron chi connectivity index (χ0n) is 15.3. The van der Waals surface area contributed by atoms with Gasteiger partial charge in [-0.2, -0.15) is 13.2 Å². The van der Waals surface area contributed by atoms with Crippen LogP contribution in [-0.2, 0) is 4.74 Å². The SMILES string of the molecule is CCNC(=NCC(C)Oc1ccccc1F)NCCCOCC(F)(F)F.I. The van der Waals surface area contributed by atoms with E-state index in [1.807, 2.05) is 6.92 Å². The molecule has 0 aliphatic rings. The van der Waals surface area contributed by atoms with E-state index in [1.165, 1.54) is 6.07 Å². The average Bonchev–Trinajstić information content (AvgIpc) is 2.56. The molecule has 2 N–H and O–H groups in total. The molecule has 0 spiro atoms. The van der Waals surface area contributed by atoms with Crippen molar-refractivity contribution in [2.75, 3.05) is 32.8 Å². The third-order valence-corrected chi connectivity index (χ3v) is 3.04. The standard InChI is InChI=1S/C17H25F4N3O2.HI/c1-3-22-16(23-9-6-10-25-12-17(19,20)21)24-11-13(2)26-15-8-5-4-7-14(15)18;/h4-5,7-8,13H,3,6,9-12H2,1-2H3,(H2,22,23,24);1H. The first-order valence-corrected chi connectivity index (χ1v) is 8.39. The summed E-state index contributed by atoms with van der Waals surface area (Å²) >= 11 is 0. The summed E-state index contributed by atoms with van der Waals surface area (Å²) < 4.78 is 59.4. The zero-order chi connectivity index (χ0) is 19.4. The Morgan fingerprint density at radius 1 is 1.22 bits per heavy atom. The minimum absolute atomic E-state index is 0. The van der Waals surface area contributed by atoms with Gasteiger partial charge in [-0.25, -0.2) is 9.38 Å². The van der Waals surface area contributed by atoms with Crippen LogP contribution >= 0.6 is 24.0 Å². The number of nitrogens with one attached hydrogen (secondary N) is 2. The molecule has 156 valence electrons. The third-order valence-electron chi connectivity index (χ3n) is 3.04. The summed E-state index contributed by atoms with van der Waals surface area (Å²) in [5, 5.41) is 6.01. The lowest BCUT2D eigenvalue weighted by Gasteiger charge is -2.15. The second-order valence-corrected chi connectivity index (χ2v) is 5.53. The molecule has 0 bridgehead atoms. The smallest absolute Gasteiger partial charge is 0.411 e. The maximum Gasteiger partial charge on any atom is 0.411 e. The van der Waals surface area contributed by atoms with Crippen molar-refractivity contribution in [2.24, 2.45) is 4.99 Å². The van der Waals surface area contributed by atoms with Gasteiger partial charge in [-0.1, -0.05) is 12.1 Å². The fourth-order valence-corrected chi connectivity index (χ4v) is 1.92. The molecule has 1 rings (SSSR count). The Labute approximate surface area is 173 Å². The van der Waals surface area contributed by atoms with Gasteiger partial charge in [0.2, 0.25) is 0 Å². The molecule has 1 atom stereocenters. The number of hydrogen-bond donors (Lipinski definition) is 2. The summed E-state index contributed by atoms with van der Waals surface area (Å²) in [5.74, 6) is 0.231. The fourth-order valence-electron chi connectivity index (χ4n) is 1.92. The monoisotopic (exact) mass is 507 g/mol. The number of hydrogen-bond acceptors (Lipinski definition) is 3. The zero-order valence-corrected chi connectivity index (χ0v) is 17.6. The number of rotatable bonds is 10. The third kappa shape index (κ3) is 12.7. The van der Waals surface area contributed by atoms with Crippen molar-refractivity contribution in [2.45, 2.75) is 32.5 Å². The quantitative estimate of drug-likeness (QED) is 0.167. The summed E-state index contributed by atoms with van der Waals surface area (Å²) in [6.07, 6.45) is -4.25. The molecule has 0 aromatic heterocycles. The molecule has 0 aliphatic carbocycles. The molecule has 5 nitrogen and oxygen atoms in total. The van der Waals surface area contributed by atoms with Crippen molar-refractivity contribution >= 4 is 29.9 Å². The number of para-hydroxylation sites is 1. The highest BCUT2D eigenvalue weighted by Crippen LogP contribution is 2.17. The molecule has 27 heavy (non-hydrogen) atoms. The summed E-state index contributed by atoms with van der Waals surface area (Å²) in [6.45, 7) is 3.73. The van der Waals surface area contributed by atoms with Crippen LogP contribution in [0.4, 0.5) is 17.6 Å². The molecule has 10 heteroatoms. The number of aliphatic imine (C=N–C) groups is 1. The fraction of sp³-hybridized carbons (Fsp3) is 0.588. The van der Waals surface area contributed by atoms with Gasteiger partial charge in [0.05, 0.1) is 6.54 Å². The van der Waals surface area contributed by atoms with E-state index < -0.39 is 18.6 Å². The molecule has 0 radical (unpaired) electrons. The number of alkyl halides is 3. The second-order valence-electron chi connectivity index (χ2n) is 5.53. The van der Waals surface area contributed by atoms with E-state index in [0.29, 0.717) is 25.5 Å². The van der Waals surface area contributed by atoms with E-state index in [2.05, 4.69) is 20.4 Å². The van der Waals surface area contributed by atoms with E-state index in [9.17, 15) is 17.6 Å². The summed E-state index contributed by atoms with van der Waals surface area (Å²) in [4.78, 5) is 4.32. The highest BCUT2D eigenvalue weighted by atomic mass is 127. The largest absolute Gasteiger partial charge is 0.486 e. The predicted octanol–water partition coefficient (Wildman–Crippen LogP) is 3.74. The second kappa shape index (κ2) is 13.8. The molecule has 0 fully saturated rings. The lowest BCUT2D eigenvalue weighted by Crippen LogP contribution is -2.38. The van der Waals surface area contributed by atoms with Crippen molar-refractivity contribution in [1.82, 2.24) is 10.6 Å². The van der Waals surface area contributed by atoms with Crippen LogP contribution in [0, 0.1) is 5.82 Å². The molecule has 0 saturated heterocycles. The van der Waals surface area contributed by atoms with Crippen LogP contribution in [0.1, 0.15) is 20.3 Å². The maximum atomic E-state index is 13.5. The van der Waals surface area contributed by atoms with E-state index in [1.54, 1.807) is 25.1 Å². The molecule has 0 saturated carbocycles. The van der Waals surface area contributed by atoms with Gasteiger partial charge in [0.1, 0.15) is 12.7 Å². The predicted molar refractivity (Wildman–Crippen MR) is 107 cm³/mol. The normalized spacial score (nSPS) is 12.9. The van der Waals surface area contributed by atoms with Crippen molar-refractivity contribution in [3.63, 3.8) is 0 Å². The van der Waals surface area contributed by atoms with Crippen molar-refractivity contribution in [3.8, 4) is 5.75 Å². The first-order valence-electron chi connectivity index (χ1n) is 8.39. The van der Waals surface area contributed by atoms with Crippen molar-refractivity contribution in [1.29, 1.82) is 0 Å². The Kier molecular flexibility index (Phi) is 13.1. The van der Waals surface area contributed by atoms with Crippen molar-refractivity contribution in [3.05, 3.63) is 30.1 Å². The van der Waals surface area contributed by atoms with Gasteiger partial charge in [0.15, 0.2) is 17.5 Å². The Balaban J connectivity index is 0.00000676. The van der Waals surface area contributed by atoms with Crippen LogP contribution in [0.25, 0.3) is 0 Å². The highest BCUT2D eigenvalue weighted by molar-refractivity contribution is 14.0. The van der Waals surface area contributed by atoms with Gasteiger partial charge in [0.25, 0.3) is 0 Å². The molecule has 1 unspecified atom stereocenters. The van der Waals surface area contributed by atoms with Crippen molar-refractivity contribution < 1.29 is 27.0 Å². The van der Waals surface area contributed by atoms with E-state index in [0.717, 1.165) is 0 Å². The molecular formula is C17H26F4IN3O2. The molecule has 0 heterocycles. The topological polar surface area (TPSA) is 54.9 Å². The van der Waals surface area contributed by atoms with Gasteiger partial charge in [0, 0.05) is 19.7 Å². The average molecular weight is 507 g/mol. The van der Waals surface area contributed by atoms with Crippen LogP contribution in [-0.4, -0.2) is 51.1 Å². The van der Waals surface area contributed by atoms with Crippen LogP contribution in [0.2, 0.25) is 0 Å². The molecule has 0 amide bonds. The Morgan fingerprint density at radius 2 is 1.93 bits per heavy atom. The van der Waals surface area contributed by atoms with Gasteiger partial charge in [-0.3, -0.25) is 0 Å². The summed E-state index contributed by atoms with van der Waals surface area (Å²) in [7, 11) is 0. The minimum atomic E-state index is -4.31. The molecular weight excluding hydrogens is 481 g/mol. The molecule has 0 aliphatic heterocycles. The van der Waals surface area contributed by atoms with Crippen LogP contribution in [0.15, 0.2) is 29.3 Å². The van der Waals surface area contributed by atoms with Crippen LogP contribution in [0.5, 0.6) is 5.75 Å². The van der Waals surface area contributed by atoms with Crippen LogP contribution < -0.4 is 15.4 Å². The number of nitrogens with zero attached hydrogens (tertiary/aromatic N) is 1. The van der Waals surface area contributed by atoms with Gasteiger partial charge in [-0.05, 0) is 32.4 Å².